The number of hydrogen-bond acceptors (Lipinski definition) is 3. The van der Waals surface area contributed by atoms with Crippen molar-refractivity contribution >= 4 is 34.1 Å². The molecule has 2 atom stereocenters. The maximum absolute atomic E-state index is 2.70. The molecule has 3 heteroatoms. The molecule has 0 amide bonds. The van der Waals surface area contributed by atoms with E-state index in [1.807, 2.05) is 0 Å². The van der Waals surface area contributed by atoms with E-state index >= 15 is 0 Å². The number of anilines is 6. The zero-order chi connectivity index (χ0) is 34.8. The van der Waals surface area contributed by atoms with Gasteiger partial charge in [-0.1, -0.05) is 133 Å². The van der Waals surface area contributed by atoms with Gasteiger partial charge in [-0.25, -0.2) is 0 Å². The van der Waals surface area contributed by atoms with Crippen molar-refractivity contribution in [2.24, 2.45) is 0 Å². The maximum Gasteiger partial charge on any atom is 0.0858 e. The summed E-state index contributed by atoms with van der Waals surface area (Å²) in [6, 6.07) is 64.6. The van der Waals surface area contributed by atoms with E-state index < -0.39 is 0 Å². The van der Waals surface area contributed by atoms with E-state index in [4.69, 9.17) is 0 Å². The van der Waals surface area contributed by atoms with Crippen LogP contribution in [0.15, 0.2) is 170 Å². The van der Waals surface area contributed by atoms with Gasteiger partial charge in [-0.05, 0) is 80.9 Å². The van der Waals surface area contributed by atoms with Gasteiger partial charge in [0.2, 0.25) is 0 Å². The minimum atomic E-state index is 0.0214. The van der Waals surface area contributed by atoms with Gasteiger partial charge in [0.25, 0.3) is 0 Å². The molecule has 250 valence electrons. The summed E-state index contributed by atoms with van der Waals surface area (Å²) in [4.78, 5) is 7.98. The van der Waals surface area contributed by atoms with Crippen LogP contribution in [0, 0.1) is 0 Å². The predicted molar refractivity (Wildman–Crippen MR) is 219 cm³/mol. The van der Waals surface area contributed by atoms with Gasteiger partial charge >= 0.3 is 0 Å². The van der Waals surface area contributed by atoms with Crippen LogP contribution in [0.3, 0.4) is 0 Å². The zero-order valence-corrected chi connectivity index (χ0v) is 29.2. The van der Waals surface area contributed by atoms with E-state index in [-0.39, 0.29) is 18.1 Å². The number of rotatable bonds is 0. The highest BCUT2D eigenvalue weighted by Crippen LogP contribution is 2.68. The molecule has 0 bridgehead atoms. The van der Waals surface area contributed by atoms with Crippen LogP contribution < -0.4 is 14.7 Å². The Hall–Kier alpha value is -6.84. The summed E-state index contributed by atoms with van der Waals surface area (Å²) in [7, 11) is 0. The van der Waals surface area contributed by atoms with Gasteiger partial charge < -0.3 is 14.7 Å². The zero-order valence-electron chi connectivity index (χ0n) is 29.2. The van der Waals surface area contributed by atoms with Crippen molar-refractivity contribution in [1.82, 2.24) is 0 Å². The number of benzene rings is 8. The van der Waals surface area contributed by atoms with Crippen molar-refractivity contribution < 1.29 is 0 Å². The van der Waals surface area contributed by atoms with E-state index in [9.17, 15) is 0 Å². The topological polar surface area (TPSA) is 9.72 Å². The van der Waals surface area contributed by atoms with Gasteiger partial charge in [0.1, 0.15) is 0 Å². The van der Waals surface area contributed by atoms with Gasteiger partial charge in [0.05, 0.1) is 40.9 Å². The van der Waals surface area contributed by atoms with Crippen LogP contribution in [0.5, 0.6) is 0 Å². The molecule has 0 N–H and O–H groups in total. The van der Waals surface area contributed by atoms with E-state index in [0.29, 0.717) is 0 Å². The smallest absolute Gasteiger partial charge is 0.0858 e. The Morgan fingerprint density at radius 1 is 0.222 bits per heavy atom. The molecule has 6 heterocycles. The number of fused-ring (bicyclic) bond motifs is 21. The second kappa shape index (κ2) is 9.57. The van der Waals surface area contributed by atoms with Crippen LogP contribution >= 0.6 is 0 Å². The quantitative estimate of drug-likeness (QED) is 0.157. The molecular formula is C51H31N3. The van der Waals surface area contributed by atoms with Crippen LogP contribution in [-0.2, 0) is 0 Å². The van der Waals surface area contributed by atoms with Crippen molar-refractivity contribution in [2.75, 3.05) is 14.7 Å². The molecule has 14 rings (SSSR count). The predicted octanol–water partition coefficient (Wildman–Crippen LogP) is 13.0. The largest absolute Gasteiger partial charge is 0.329 e. The molecular weight excluding hydrogens is 655 g/mol. The van der Waals surface area contributed by atoms with Gasteiger partial charge in [-0.3, -0.25) is 0 Å². The molecule has 3 nitrogen and oxygen atoms in total. The highest BCUT2D eigenvalue weighted by atomic mass is 15.2. The highest BCUT2D eigenvalue weighted by Gasteiger charge is 2.50. The van der Waals surface area contributed by atoms with E-state index in [0.717, 1.165) is 0 Å². The molecule has 6 aliphatic heterocycles. The second-order valence-electron chi connectivity index (χ2n) is 15.5. The third kappa shape index (κ3) is 3.08. The van der Waals surface area contributed by atoms with Gasteiger partial charge in [0.15, 0.2) is 0 Å². The molecule has 0 aromatic heterocycles. The van der Waals surface area contributed by atoms with Crippen LogP contribution in [0.1, 0.15) is 51.5 Å². The van der Waals surface area contributed by atoms with Crippen LogP contribution in [-0.4, -0.2) is 0 Å². The lowest BCUT2D eigenvalue weighted by atomic mass is 9.70. The van der Waals surface area contributed by atoms with Gasteiger partial charge in [-0.2, -0.15) is 0 Å². The first-order valence-corrected chi connectivity index (χ1v) is 19.1. The highest BCUT2D eigenvalue weighted by molar-refractivity contribution is 6.09. The molecule has 0 spiro atoms. The maximum atomic E-state index is 2.70. The lowest BCUT2D eigenvalue weighted by molar-refractivity contribution is 0.750. The van der Waals surface area contributed by atoms with Crippen LogP contribution in [0.4, 0.5) is 34.1 Å². The molecule has 0 aliphatic carbocycles. The van der Waals surface area contributed by atoms with E-state index in [1.54, 1.807) is 0 Å². The standard InChI is InChI=1S/C51H31N3/c1-3-17-33-29(13-1)31-15-5-7-23-39(31)52-41-25-11-21-37-47(41)45-35(49(33)52)19-9-27-43(45)54-44-28-10-20-36-46(44)48-38(51(37)54)22-12-26-42(48)53-40-24-8-6-16-32(40)30-14-2-4-18-34(30)50(36)53/h1-28,49-51H. The van der Waals surface area contributed by atoms with Crippen LogP contribution in [0.25, 0.3) is 44.5 Å². The minimum Gasteiger partial charge on any atom is -0.329 e. The minimum absolute atomic E-state index is 0.0214. The van der Waals surface area contributed by atoms with Crippen LogP contribution in [0.2, 0.25) is 0 Å². The van der Waals surface area contributed by atoms with Crippen molar-refractivity contribution in [3.8, 4) is 44.5 Å². The third-order valence-electron chi connectivity index (χ3n) is 13.2. The summed E-state index contributed by atoms with van der Waals surface area (Å²) < 4.78 is 0. The van der Waals surface area contributed by atoms with E-state index in [2.05, 4.69) is 185 Å². The molecule has 0 saturated heterocycles. The summed E-state index contributed by atoms with van der Waals surface area (Å²) in [6.07, 6.45) is 0. The molecule has 0 saturated carbocycles. The number of hydrogen-bond donors (Lipinski definition) is 0. The summed E-state index contributed by atoms with van der Waals surface area (Å²) in [5, 5.41) is 0. The van der Waals surface area contributed by atoms with Crippen molar-refractivity contribution in [3.05, 3.63) is 203 Å². The van der Waals surface area contributed by atoms with Gasteiger partial charge in [0, 0.05) is 44.8 Å². The van der Waals surface area contributed by atoms with E-state index in [1.165, 1.54) is 112 Å². The second-order valence-corrected chi connectivity index (χ2v) is 15.5. The Morgan fingerprint density at radius 3 is 0.870 bits per heavy atom. The van der Waals surface area contributed by atoms with Crippen molar-refractivity contribution in [2.45, 2.75) is 18.1 Å². The first kappa shape index (κ1) is 27.8. The summed E-state index contributed by atoms with van der Waals surface area (Å²) in [5.74, 6) is 0. The lowest BCUT2D eigenvalue weighted by Gasteiger charge is -2.53. The van der Waals surface area contributed by atoms with Crippen molar-refractivity contribution in [3.63, 3.8) is 0 Å². The fourth-order valence-corrected chi connectivity index (χ4v) is 11.4. The monoisotopic (exact) mass is 685 g/mol. The molecule has 6 aliphatic rings. The molecule has 2 unspecified atom stereocenters. The molecule has 54 heavy (non-hydrogen) atoms. The Bertz CT molecular complexity index is 2610. The molecule has 0 fully saturated rings. The summed E-state index contributed by atoms with van der Waals surface area (Å²) in [5.41, 5.74) is 26.7. The fraction of sp³-hybridized carbons (Fsp3) is 0.0588. The average Bonchev–Trinajstić information content (AvgIpc) is 3.24. The SMILES string of the molecule is c1ccc2c(c1)-c1ccccc1N1c3cccc4c3-c3c(cccc3N3c5cccc6c5-c5c(cccc5N5c7ccccc7-c7ccccc7C65)C43)C21. The third-order valence-corrected chi connectivity index (χ3v) is 13.2. The van der Waals surface area contributed by atoms with Gasteiger partial charge in [-0.15, -0.1) is 0 Å². The summed E-state index contributed by atoms with van der Waals surface area (Å²) >= 11 is 0. The Labute approximate surface area is 313 Å². The summed E-state index contributed by atoms with van der Waals surface area (Å²) in [6.45, 7) is 0. The number of nitrogens with zero attached hydrogens (tertiary/aromatic N) is 3. The fourth-order valence-electron chi connectivity index (χ4n) is 11.4. The first-order valence-electron chi connectivity index (χ1n) is 19.1. The average molecular weight is 686 g/mol. The molecule has 8 aromatic carbocycles. The Morgan fingerprint density at radius 2 is 0.481 bits per heavy atom. The first-order chi connectivity index (χ1) is 26.9. The Balaban J connectivity index is 1.09. The number of para-hydroxylation sites is 2. The Kier molecular flexibility index (Phi) is 4.92. The molecule has 8 aromatic rings. The van der Waals surface area contributed by atoms with Crippen molar-refractivity contribution in [1.29, 1.82) is 0 Å². The molecule has 0 radical (unpaired) electrons. The lowest BCUT2D eigenvalue weighted by Crippen LogP contribution is -2.40. The normalized spacial score (nSPS) is 18.8.